The number of methoxy groups -OCH3 is 1. The van der Waals surface area contributed by atoms with Crippen LogP contribution in [0.15, 0.2) is 52.4 Å². The summed E-state index contributed by atoms with van der Waals surface area (Å²) in [4.78, 5) is 31.7. The molecular weight excluding hydrogens is 374 g/mol. The zero-order valence-electron chi connectivity index (χ0n) is 14.1. The monoisotopic (exact) mass is 389 g/mol. The van der Waals surface area contributed by atoms with Crippen LogP contribution in [-0.2, 0) is 4.79 Å². The van der Waals surface area contributed by atoms with Gasteiger partial charge in [-0.1, -0.05) is 35.5 Å². The first-order valence-electron chi connectivity index (χ1n) is 7.78. The maximum atomic E-state index is 12.5. The molecule has 8 heteroatoms. The maximum absolute atomic E-state index is 12.5. The minimum atomic E-state index is -0.497. The molecule has 0 fully saturated rings. The number of thioether (sulfide) groups is 1. The van der Waals surface area contributed by atoms with E-state index in [0.717, 1.165) is 0 Å². The van der Waals surface area contributed by atoms with Crippen LogP contribution >= 0.6 is 23.4 Å². The van der Waals surface area contributed by atoms with E-state index in [-0.39, 0.29) is 11.5 Å². The van der Waals surface area contributed by atoms with Gasteiger partial charge >= 0.3 is 0 Å². The molecule has 0 radical (unpaired) electrons. The largest absolute Gasteiger partial charge is 0.495 e. The van der Waals surface area contributed by atoms with Gasteiger partial charge in [-0.05, 0) is 37.3 Å². The molecule has 2 N–H and O–H groups in total. The molecule has 0 aliphatic carbocycles. The minimum Gasteiger partial charge on any atom is -0.495 e. The number of nitrogens with one attached hydrogen (secondary N) is 2. The summed E-state index contributed by atoms with van der Waals surface area (Å²) < 4.78 is 5.22. The molecule has 1 heterocycles. The molecule has 0 spiro atoms. The molecule has 0 unspecified atom stereocenters. The van der Waals surface area contributed by atoms with Crippen LogP contribution in [-0.4, -0.2) is 28.2 Å². The van der Waals surface area contributed by atoms with Crippen LogP contribution in [0, 0.1) is 0 Å². The molecular formula is C18H16ClN3O3S. The number of hydrogen-bond acceptors (Lipinski definition) is 5. The number of amides is 1. The van der Waals surface area contributed by atoms with E-state index >= 15 is 0 Å². The molecule has 134 valence electrons. The van der Waals surface area contributed by atoms with Crippen molar-refractivity contribution >= 4 is 45.9 Å². The summed E-state index contributed by atoms with van der Waals surface area (Å²) in [6.07, 6.45) is 0. The molecule has 1 aromatic heterocycles. The fourth-order valence-electron chi connectivity index (χ4n) is 2.35. The van der Waals surface area contributed by atoms with Gasteiger partial charge in [0, 0.05) is 5.02 Å². The molecule has 0 saturated heterocycles. The van der Waals surface area contributed by atoms with Gasteiger partial charge in [-0.2, -0.15) is 0 Å². The molecule has 0 bridgehead atoms. The summed E-state index contributed by atoms with van der Waals surface area (Å²) in [5.41, 5.74) is 0.836. The number of hydrogen-bond donors (Lipinski definition) is 2. The Bertz CT molecular complexity index is 1020. The van der Waals surface area contributed by atoms with Crippen molar-refractivity contribution in [3.63, 3.8) is 0 Å². The summed E-state index contributed by atoms with van der Waals surface area (Å²) in [5.74, 6) is 0.253. The van der Waals surface area contributed by atoms with Gasteiger partial charge < -0.3 is 15.0 Å². The number of anilines is 1. The molecule has 26 heavy (non-hydrogen) atoms. The molecule has 1 amide bonds. The lowest BCUT2D eigenvalue weighted by Gasteiger charge is -2.14. The van der Waals surface area contributed by atoms with Gasteiger partial charge in [-0.3, -0.25) is 9.59 Å². The molecule has 0 saturated carbocycles. The third-order valence-corrected chi connectivity index (χ3v) is 4.89. The molecule has 6 nitrogen and oxygen atoms in total. The average molecular weight is 390 g/mol. The third-order valence-electron chi connectivity index (χ3n) is 3.67. The van der Waals surface area contributed by atoms with Gasteiger partial charge in [-0.15, -0.1) is 0 Å². The first-order valence-corrected chi connectivity index (χ1v) is 9.04. The van der Waals surface area contributed by atoms with E-state index in [2.05, 4.69) is 15.3 Å². The maximum Gasteiger partial charge on any atom is 0.259 e. The molecule has 3 rings (SSSR count). The second kappa shape index (κ2) is 7.80. The molecule has 0 aliphatic rings. The number of fused-ring (bicyclic) bond motifs is 1. The Morgan fingerprint density at radius 2 is 2.08 bits per heavy atom. The first-order chi connectivity index (χ1) is 12.5. The zero-order valence-corrected chi connectivity index (χ0v) is 15.6. The van der Waals surface area contributed by atoms with Crippen molar-refractivity contribution in [2.75, 3.05) is 12.4 Å². The number of aromatic amines is 1. The van der Waals surface area contributed by atoms with Gasteiger partial charge in [0.25, 0.3) is 5.56 Å². The SMILES string of the molecule is COc1ccc(Cl)cc1NC(=O)[C@H](C)Sc1nc2ccccc2c(=O)[nH]1. The van der Waals surface area contributed by atoms with Crippen LogP contribution in [0.2, 0.25) is 5.02 Å². The summed E-state index contributed by atoms with van der Waals surface area (Å²) in [5, 5.41) is 3.67. The second-order valence-electron chi connectivity index (χ2n) is 5.48. The highest BCUT2D eigenvalue weighted by molar-refractivity contribution is 8.00. The Kier molecular flexibility index (Phi) is 5.49. The fraction of sp³-hybridized carbons (Fsp3) is 0.167. The van der Waals surface area contributed by atoms with Crippen molar-refractivity contribution in [1.82, 2.24) is 9.97 Å². The lowest BCUT2D eigenvalue weighted by Crippen LogP contribution is -2.23. The summed E-state index contributed by atoms with van der Waals surface area (Å²) in [6.45, 7) is 1.73. The third kappa shape index (κ3) is 4.00. The Balaban J connectivity index is 1.78. The standard InChI is InChI=1S/C18H16ClN3O3S/c1-10(16(23)20-14-9-11(19)7-8-15(14)25-2)26-18-21-13-6-4-3-5-12(13)17(24)22-18/h3-10H,1-2H3,(H,20,23)(H,21,22,24)/t10-/m0/s1. The van der Waals surface area contributed by atoms with Crippen LogP contribution in [0.25, 0.3) is 10.9 Å². The molecule has 1 atom stereocenters. The zero-order chi connectivity index (χ0) is 18.7. The molecule has 3 aromatic rings. The number of H-pyrrole nitrogens is 1. The first kappa shape index (κ1) is 18.3. The Labute approximate surface area is 158 Å². The van der Waals surface area contributed by atoms with Crippen molar-refractivity contribution in [2.45, 2.75) is 17.3 Å². The highest BCUT2D eigenvalue weighted by atomic mass is 35.5. The number of carbonyl (C=O) groups excluding carboxylic acids is 1. The van der Waals surface area contributed by atoms with Gasteiger partial charge in [0.2, 0.25) is 5.91 Å². The van der Waals surface area contributed by atoms with Crippen molar-refractivity contribution in [1.29, 1.82) is 0 Å². The van der Waals surface area contributed by atoms with Crippen molar-refractivity contribution < 1.29 is 9.53 Å². The van der Waals surface area contributed by atoms with Crippen molar-refractivity contribution in [2.24, 2.45) is 0 Å². The topological polar surface area (TPSA) is 84.1 Å². The van der Waals surface area contributed by atoms with Crippen LogP contribution in [0.5, 0.6) is 5.75 Å². The number of ether oxygens (including phenoxy) is 1. The number of halogens is 1. The number of nitrogens with zero attached hydrogens (tertiary/aromatic N) is 1. The van der Waals surface area contributed by atoms with E-state index < -0.39 is 5.25 Å². The van der Waals surface area contributed by atoms with E-state index in [0.29, 0.717) is 32.5 Å². The summed E-state index contributed by atoms with van der Waals surface area (Å²) in [7, 11) is 1.51. The normalized spacial score (nSPS) is 12.0. The number of benzene rings is 2. The average Bonchev–Trinajstić information content (AvgIpc) is 2.62. The lowest BCUT2D eigenvalue weighted by atomic mass is 10.2. The van der Waals surface area contributed by atoms with Crippen LogP contribution in [0.3, 0.4) is 0 Å². The Morgan fingerprint density at radius 3 is 2.85 bits per heavy atom. The summed E-state index contributed by atoms with van der Waals surface area (Å²) in [6, 6.07) is 12.0. The van der Waals surface area contributed by atoms with Crippen molar-refractivity contribution in [3.8, 4) is 5.75 Å². The number of para-hydroxylation sites is 1. The Hall–Kier alpha value is -2.51. The van der Waals surface area contributed by atoms with Crippen molar-refractivity contribution in [3.05, 3.63) is 57.8 Å². The van der Waals surface area contributed by atoms with Gasteiger partial charge in [0.05, 0.1) is 29.0 Å². The molecule has 0 aliphatic heterocycles. The van der Waals surface area contributed by atoms with Gasteiger partial charge in [0.15, 0.2) is 5.16 Å². The quantitative estimate of drug-likeness (QED) is 0.513. The van der Waals surface area contributed by atoms with E-state index in [1.807, 2.05) is 6.07 Å². The smallest absolute Gasteiger partial charge is 0.259 e. The van der Waals surface area contributed by atoms with E-state index in [1.165, 1.54) is 18.9 Å². The molecule has 2 aromatic carbocycles. The minimum absolute atomic E-state index is 0.234. The second-order valence-corrected chi connectivity index (χ2v) is 7.25. The number of rotatable bonds is 5. The van der Waals surface area contributed by atoms with E-state index in [4.69, 9.17) is 16.3 Å². The van der Waals surface area contributed by atoms with E-state index in [9.17, 15) is 9.59 Å². The Morgan fingerprint density at radius 1 is 1.31 bits per heavy atom. The van der Waals surface area contributed by atoms with Gasteiger partial charge in [-0.25, -0.2) is 4.98 Å². The predicted octanol–water partition coefficient (Wildman–Crippen LogP) is 3.70. The fourth-order valence-corrected chi connectivity index (χ4v) is 3.33. The van der Waals surface area contributed by atoms with E-state index in [1.54, 1.807) is 43.3 Å². The highest BCUT2D eigenvalue weighted by Crippen LogP contribution is 2.29. The van der Waals surface area contributed by atoms with Crippen LogP contribution in [0.1, 0.15) is 6.92 Å². The lowest BCUT2D eigenvalue weighted by molar-refractivity contribution is -0.115. The van der Waals surface area contributed by atoms with Gasteiger partial charge in [0.1, 0.15) is 5.75 Å². The summed E-state index contributed by atoms with van der Waals surface area (Å²) >= 11 is 7.14. The van der Waals surface area contributed by atoms with Crippen LogP contribution in [0.4, 0.5) is 5.69 Å². The highest BCUT2D eigenvalue weighted by Gasteiger charge is 2.18. The number of carbonyl (C=O) groups is 1. The number of aromatic nitrogens is 2. The predicted molar refractivity (Wildman–Crippen MR) is 104 cm³/mol. The van der Waals surface area contributed by atoms with Crippen LogP contribution < -0.4 is 15.6 Å².